The first-order valence-electron chi connectivity index (χ1n) is 5.93. The zero-order valence-corrected chi connectivity index (χ0v) is 10.7. The van der Waals surface area contributed by atoms with Crippen molar-refractivity contribution in [3.8, 4) is 0 Å². The summed E-state index contributed by atoms with van der Waals surface area (Å²) < 4.78 is 5.11. The van der Waals surface area contributed by atoms with Gasteiger partial charge in [0.1, 0.15) is 0 Å². The Morgan fingerprint density at radius 1 is 1.38 bits per heavy atom. The summed E-state index contributed by atoms with van der Waals surface area (Å²) in [5.74, 6) is 1.28. The Morgan fingerprint density at radius 2 is 2.06 bits per heavy atom. The second-order valence-corrected chi connectivity index (χ2v) is 5.29. The molecule has 92 valence electrons. The smallest absolute Gasteiger partial charge is 0.229 e. The largest absolute Gasteiger partial charge is 0.392 e. The van der Waals surface area contributed by atoms with E-state index >= 15 is 0 Å². The molecule has 0 aliphatic heterocycles. The van der Waals surface area contributed by atoms with Crippen LogP contribution in [0.15, 0.2) is 4.52 Å². The normalized spacial score (nSPS) is 14.1. The number of hydrogen-bond donors (Lipinski definition) is 1. The molecule has 1 aromatic heterocycles. The fraction of sp³-hybridized carbons (Fsp3) is 0.833. The van der Waals surface area contributed by atoms with Gasteiger partial charge in [-0.05, 0) is 11.8 Å². The molecule has 1 unspecified atom stereocenters. The number of aryl methyl sites for hydroxylation is 1. The van der Waals surface area contributed by atoms with Crippen LogP contribution in [0.4, 0.5) is 0 Å². The lowest BCUT2D eigenvalue weighted by molar-refractivity contribution is 0.0565. The highest BCUT2D eigenvalue weighted by Gasteiger charge is 2.24. The van der Waals surface area contributed by atoms with Gasteiger partial charge in [-0.25, -0.2) is 0 Å². The van der Waals surface area contributed by atoms with E-state index in [1.54, 1.807) is 0 Å². The van der Waals surface area contributed by atoms with Crippen molar-refractivity contribution in [1.82, 2.24) is 10.1 Å². The molecule has 0 fully saturated rings. The lowest BCUT2D eigenvalue weighted by Crippen LogP contribution is -2.28. The minimum absolute atomic E-state index is 0.155. The molecule has 0 amide bonds. The van der Waals surface area contributed by atoms with Crippen LogP contribution in [0.2, 0.25) is 0 Å². The van der Waals surface area contributed by atoms with Crippen molar-refractivity contribution in [2.45, 2.75) is 59.5 Å². The molecule has 1 atom stereocenters. The van der Waals surface area contributed by atoms with Gasteiger partial charge in [0.2, 0.25) is 5.89 Å². The van der Waals surface area contributed by atoms with Crippen molar-refractivity contribution in [3.05, 3.63) is 11.7 Å². The van der Waals surface area contributed by atoms with Crippen LogP contribution in [0.5, 0.6) is 0 Å². The maximum absolute atomic E-state index is 9.90. The average molecular weight is 226 g/mol. The summed E-state index contributed by atoms with van der Waals surface area (Å²) in [4.78, 5) is 4.26. The predicted octanol–water partition coefficient (Wildman–Crippen LogP) is 2.36. The van der Waals surface area contributed by atoms with Crippen LogP contribution >= 0.6 is 0 Å². The number of nitrogens with zero attached hydrogens (tertiary/aromatic N) is 2. The predicted molar refractivity (Wildman–Crippen MR) is 62.1 cm³/mol. The molecule has 0 radical (unpaired) electrons. The summed E-state index contributed by atoms with van der Waals surface area (Å²) in [7, 11) is 0. The lowest BCUT2D eigenvalue weighted by Gasteiger charge is -2.24. The molecule has 1 N–H and O–H groups in total. The zero-order valence-electron chi connectivity index (χ0n) is 10.7. The first-order chi connectivity index (χ1) is 7.43. The van der Waals surface area contributed by atoms with Gasteiger partial charge in [-0.1, -0.05) is 39.3 Å². The summed E-state index contributed by atoms with van der Waals surface area (Å²) in [6, 6.07) is 0. The van der Waals surface area contributed by atoms with Crippen molar-refractivity contribution in [3.63, 3.8) is 0 Å². The molecule has 1 aromatic rings. The summed E-state index contributed by atoms with van der Waals surface area (Å²) >= 11 is 0. The van der Waals surface area contributed by atoms with E-state index in [-0.39, 0.29) is 5.41 Å². The van der Waals surface area contributed by atoms with Crippen molar-refractivity contribution >= 4 is 0 Å². The van der Waals surface area contributed by atoms with E-state index in [1.807, 2.05) is 20.8 Å². The summed E-state index contributed by atoms with van der Waals surface area (Å²) in [5.41, 5.74) is -0.155. The van der Waals surface area contributed by atoms with E-state index in [9.17, 15) is 5.11 Å². The molecule has 0 saturated heterocycles. The van der Waals surface area contributed by atoms with Crippen LogP contribution in [0.25, 0.3) is 0 Å². The molecule has 1 heterocycles. The molecule has 0 spiro atoms. The molecule has 4 nitrogen and oxygen atoms in total. The average Bonchev–Trinajstić information content (AvgIpc) is 2.61. The van der Waals surface area contributed by atoms with Crippen LogP contribution < -0.4 is 0 Å². The number of aromatic nitrogens is 2. The van der Waals surface area contributed by atoms with Gasteiger partial charge in [-0.15, -0.1) is 0 Å². The Balaban J connectivity index is 2.52. The van der Waals surface area contributed by atoms with Crippen LogP contribution in [0, 0.1) is 5.41 Å². The van der Waals surface area contributed by atoms with Crippen LogP contribution in [0.1, 0.15) is 52.3 Å². The highest BCUT2D eigenvalue weighted by molar-refractivity contribution is 4.90. The quantitative estimate of drug-likeness (QED) is 0.837. The van der Waals surface area contributed by atoms with Gasteiger partial charge in [0.05, 0.1) is 12.5 Å². The molecule has 0 saturated carbocycles. The fourth-order valence-electron chi connectivity index (χ4n) is 1.28. The lowest BCUT2D eigenvalue weighted by atomic mass is 9.87. The highest BCUT2D eigenvalue weighted by atomic mass is 16.5. The Labute approximate surface area is 97.1 Å². The first kappa shape index (κ1) is 13.2. The SMILES string of the molecule is CCCCc1noc(CC(O)C(C)(C)C)n1. The van der Waals surface area contributed by atoms with E-state index in [2.05, 4.69) is 17.1 Å². The zero-order chi connectivity index (χ0) is 12.2. The molecular weight excluding hydrogens is 204 g/mol. The fourth-order valence-corrected chi connectivity index (χ4v) is 1.28. The third-order valence-electron chi connectivity index (χ3n) is 2.63. The van der Waals surface area contributed by atoms with E-state index < -0.39 is 6.10 Å². The van der Waals surface area contributed by atoms with E-state index in [4.69, 9.17) is 4.52 Å². The van der Waals surface area contributed by atoms with Crippen LogP contribution in [-0.4, -0.2) is 21.4 Å². The number of rotatable bonds is 5. The second kappa shape index (κ2) is 5.43. The van der Waals surface area contributed by atoms with Crippen molar-refractivity contribution in [2.75, 3.05) is 0 Å². The van der Waals surface area contributed by atoms with Crippen molar-refractivity contribution in [2.24, 2.45) is 5.41 Å². The van der Waals surface area contributed by atoms with Gasteiger partial charge in [0.15, 0.2) is 5.82 Å². The summed E-state index contributed by atoms with van der Waals surface area (Å²) in [6.07, 6.45) is 3.02. The Morgan fingerprint density at radius 3 is 2.62 bits per heavy atom. The van der Waals surface area contributed by atoms with Gasteiger partial charge in [-0.2, -0.15) is 4.98 Å². The Hall–Kier alpha value is -0.900. The van der Waals surface area contributed by atoms with E-state index in [0.29, 0.717) is 12.3 Å². The van der Waals surface area contributed by atoms with Gasteiger partial charge in [-0.3, -0.25) is 0 Å². The van der Waals surface area contributed by atoms with Gasteiger partial charge in [0, 0.05) is 6.42 Å². The Kier molecular flexibility index (Phi) is 4.47. The number of unbranched alkanes of at least 4 members (excludes halogenated alkanes) is 1. The minimum Gasteiger partial charge on any atom is -0.392 e. The van der Waals surface area contributed by atoms with E-state index in [1.165, 1.54) is 0 Å². The second-order valence-electron chi connectivity index (χ2n) is 5.29. The molecule has 0 aliphatic carbocycles. The van der Waals surface area contributed by atoms with Crippen LogP contribution in [0.3, 0.4) is 0 Å². The third kappa shape index (κ3) is 3.93. The monoisotopic (exact) mass is 226 g/mol. The van der Waals surface area contributed by atoms with Crippen molar-refractivity contribution < 1.29 is 9.63 Å². The Bertz CT molecular complexity index is 315. The molecule has 4 heteroatoms. The first-order valence-corrected chi connectivity index (χ1v) is 5.93. The molecular formula is C12H22N2O2. The third-order valence-corrected chi connectivity index (χ3v) is 2.63. The standard InChI is InChI=1S/C12H22N2O2/c1-5-6-7-10-13-11(16-14-10)8-9(15)12(2,3)4/h9,15H,5-8H2,1-4H3. The number of hydrogen-bond acceptors (Lipinski definition) is 4. The van der Waals surface area contributed by atoms with Gasteiger partial charge >= 0.3 is 0 Å². The molecule has 0 bridgehead atoms. The van der Waals surface area contributed by atoms with Crippen LogP contribution in [-0.2, 0) is 12.8 Å². The van der Waals surface area contributed by atoms with Gasteiger partial charge < -0.3 is 9.63 Å². The summed E-state index contributed by atoms with van der Waals surface area (Å²) in [6.45, 7) is 8.11. The maximum atomic E-state index is 9.90. The number of aliphatic hydroxyl groups excluding tert-OH is 1. The highest BCUT2D eigenvalue weighted by Crippen LogP contribution is 2.21. The van der Waals surface area contributed by atoms with Gasteiger partial charge in [0.25, 0.3) is 0 Å². The number of aliphatic hydroxyl groups is 1. The molecule has 0 aromatic carbocycles. The van der Waals surface area contributed by atoms with E-state index in [0.717, 1.165) is 25.1 Å². The molecule has 1 rings (SSSR count). The summed E-state index contributed by atoms with van der Waals surface area (Å²) in [5, 5.41) is 13.8. The molecule has 16 heavy (non-hydrogen) atoms. The topological polar surface area (TPSA) is 59.2 Å². The minimum atomic E-state index is -0.452. The molecule has 0 aliphatic rings. The maximum Gasteiger partial charge on any atom is 0.229 e. The van der Waals surface area contributed by atoms with Crippen molar-refractivity contribution in [1.29, 1.82) is 0 Å².